The summed E-state index contributed by atoms with van der Waals surface area (Å²) in [5.74, 6) is -0.562. The lowest BCUT2D eigenvalue weighted by Crippen LogP contribution is -2.15. The Morgan fingerprint density at radius 1 is 1.57 bits per heavy atom. The van der Waals surface area contributed by atoms with Crippen molar-refractivity contribution in [2.24, 2.45) is 11.7 Å². The van der Waals surface area contributed by atoms with Crippen LogP contribution >= 0.6 is 0 Å². The second kappa shape index (κ2) is 4.86. The summed E-state index contributed by atoms with van der Waals surface area (Å²) >= 11 is 0. The average molecular weight is 195 g/mol. The Labute approximate surface area is 82.9 Å². The summed E-state index contributed by atoms with van der Waals surface area (Å²) in [6.45, 7) is 2.28. The third-order valence-electron chi connectivity index (χ3n) is 2.16. The van der Waals surface area contributed by atoms with Crippen LogP contribution in [0.3, 0.4) is 0 Å². The van der Waals surface area contributed by atoms with Crippen LogP contribution in [0, 0.1) is 11.7 Å². The van der Waals surface area contributed by atoms with Crippen LogP contribution in [0.2, 0.25) is 0 Å². The van der Waals surface area contributed by atoms with Crippen molar-refractivity contribution in [2.75, 3.05) is 6.54 Å². The normalized spacial score (nSPS) is 12.5. The van der Waals surface area contributed by atoms with Crippen LogP contribution < -0.4 is 5.73 Å². The van der Waals surface area contributed by atoms with Crippen LogP contribution in [0.1, 0.15) is 23.7 Å². The van der Waals surface area contributed by atoms with Crippen LogP contribution in [-0.2, 0) is 0 Å². The van der Waals surface area contributed by atoms with Gasteiger partial charge in [0.05, 0.1) is 0 Å². The van der Waals surface area contributed by atoms with E-state index in [4.69, 9.17) is 5.73 Å². The molecule has 1 rings (SSSR count). The molecule has 1 aromatic rings. The summed E-state index contributed by atoms with van der Waals surface area (Å²) in [6, 6.07) is 5.75. The molecule has 2 N–H and O–H groups in total. The molecular formula is C11H14FNO. The molecule has 0 heterocycles. The van der Waals surface area contributed by atoms with E-state index in [1.165, 1.54) is 18.2 Å². The topological polar surface area (TPSA) is 43.1 Å². The first kappa shape index (κ1) is 10.9. The minimum atomic E-state index is -0.379. The molecule has 0 amide bonds. The van der Waals surface area contributed by atoms with Crippen molar-refractivity contribution in [3.05, 3.63) is 35.6 Å². The highest BCUT2D eigenvalue weighted by Crippen LogP contribution is 2.12. The fraction of sp³-hybridized carbons (Fsp3) is 0.364. The number of nitrogens with two attached hydrogens (primary N) is 1. The third kappa shape index (κ3) is 2.64. The highest BCUT2D eigenvalue weighted by molar-refractivity contribution is 5.97. The molecule has 1 atom stereocenters. The van der Waals surface area contributed by atoms with Crippen LogP contribution in [0.4, 0.5) is 4.39 Å². The second-order valence-electron chi connectivity index (χ2n) is 3.35. The summed E-state index contributed by atoms with van der Waals surface area (Å²) in [5, 5.41) is 0. The zero-order chi connectivity index (χ0) is 10.6. The molecule has 2 nitrogen and oxygen atoms in total. The first-order valence-corrected chi connectivity index (χ1v) is 4.65. The highest BCUT2D eigenvalue weighted by atomic mass is 19.1. The maximum Gasteiger partial charge on any atom is 0.165 e. The van der Waals surface area contributed by atoms with Gasteiger partial charge in [-0.25, -0.2) is 4.39 Å². The Morgan fingerprint density at radius 3 is 2.86 bits per heavy atom. The summed E-state index contributed by atoms with van der Waals surface area (Å²) in [7, 11) is 0. The molecule has 0 aromatic heterocycles. The van der Waals surface area contributed by atoms with Gasteiger partial charge in [0.15, 0.2) is 5.78 Å². The van der Waals surface area contributed by atoms with Gasteiger partial charge in [-0.2, -0.15) is 0 Å². The summed E-state index contributed by atoms with van der Waals surface area (Å²) in [5.41, 5.74) is 5.77. The molecule has 0 aliphatic heterocycles. The summed E-state index contributed by atoms with van der Waals surface area (Å²) < 4.78 is 12.8. The van der Waals surface area contributed by atoms with Gasteiger partial charge in [-0.3, -0.25) is 4.79 Å². The average Bonchev–Trinajstić information content (AvgIpc) is 2.17. The largest absolute Gasteiger partial charge is 0.330 e. The van der Waals surface area contributed by atoms with Crippen LogP contribution in [0.15, 0.2) is 24.3 Å². The van der Waals surface area contributed by atoms with Crippen LogP contribution in [0.5, 0.6) is 0 Å². The SMILES string of the molecule is CC(CCN)C(=O)c1cccc(F)c1. The van der Waals surface area contributed by atoms with E-state index in [1.807, 2.05) is 0 Å². The number of carbonyl (C=O) groups excluding carboxylic acids is 1. The number of hydrogen-bond acceptors (Lipinski definition) is 2. The van der Waals surface area contributed by atoms with Crippen molar-refractivity contribution in [1.29, 1.82) is 0 Å². The molecule has 0 aliphatic rings. The first-order valence-electron chi connectivity index (χ1n) is 4.65. The van der Waals surface area contributed by atoms with Gasteiger partial charge in [0.2, 0.25) is 0 Å². The Hall–Kier alpha value is -1.22. The number of benzene rings is 1. The van der Waals surface area contributed by atoms with Crippen molar-refractivity contribution >= 4 is 5.78 Å². The van der Waals surface area contributed by atoms with E-state index in [0.717, 1.165) is 0 Å². The smallest absolute Gasteiger partial charge is 0.165 e. The number of hydrogen-bond donors (Lipinski definition) is 1. The van der Waals surface area contributed by atoms with E-state index < -0.39 is 0 Å². The third-order valence-corrected chi connectivity index (χ3v) is 2.16. The molecule has 0 radical (unpaired) electrons. The van der Waals surface area contributed by atoms with Crippen molar-refractivity contribution < 1.29 is 9.18 Å². The Morgan fingerprint density at radius 2 is 2.29 bits per heavy atom. The van der Waals surface area contributed by atoms with Crippen LogP contribution in [-0.4, -0.2) is 12.3 Å². The molecule has 3 heteroatoms. The predicted octanol–water partition coefficient (Wildman–Crippen LogP) is 1.99. The predicted molar refractivity (Wildman–Crippen MR) is 53.6 cm³/mol. The maximum atomic E-state index is 12.8. The van der Waals surface area contributed by atoms with E-state index in [9.17, 15) is 9.18 Å². The molecule has 0 aliphatic carbocycles. The molecule has 0 bridgehead atoms. The zero-order valence-electron chi connectivity index (χ0n) is 8.16. The highest BCUT2D eigenvalue weighted by Gasteiger charge is 2.14. The van der Waals surface area contributed by atoms with Gasteiger partial charge in [0.1, 0.15) is 5.82 Å². The van der Waals surface area contributed by atoms with Crippen LogP contribution in [0.25, 0.3) is 0 Å². The standard InChI is InChI=1S/C11H14FNO/c1-8(5-6-13)11(14)9-3-2-4-10(12)7-9/h2-4,7-8H,5-6,13H2,1H3. The fourth-order valence-electron chi connectivity index (χ4n) is 1.31. The van der Waals surface area contributed by atoms with Gasteiger partial charge in [0, 0.05) is 11.5 Å². The quantitative estimate of drug-likeness (QED) is 0.746. The lowest BCUT2D eigenvalue weighted by molar-refractivity contribution is 0.0925. The maximum absolute atomic E-state index is 12.8. The van der Waals surface area contributed by atoms with Crippen molar-refractivity contribution in [3.8, 4) is 0 Å². The van der Waals surface area contributed by atoms with E-state index in [0.29, 0.717) is 18.5 Å². The summed E-state index contributed by atoms with van der Waals surface area (Å²) in [4.78, 5) is 11.7. The molecule has 76 valence electrons. The van der Waals surface area contributed by atoms with Crippen molar-refractivity contribution in [3.63, 3.8) is 0 Å². The van der Waals surface area contributed by atoms with Crippen molar-refractivity contribution in [2.45, 2.75) is 13.3 Å². The molecule has 0 saturated carbocycles. The minimum Gasteiger partial charge on any atom is -0.330 e. The van der Waals surface area contributed by atoms with E-state index in [2.05, 4.69) is 0 Å². The number of halogens is 1. The summed E-state index contributed by atoms with van der Waals surface area (Å²) in [6.07, 6.45) is 0.634. The molecule has 0 spiro atoms. The van der Waals surface area contributed by atoms with Gasteiger partial charge in [-0.15, -0.1) is 0 Å². The Bertz CT molecular complexity index is 325. The molecule has 1 unspecified atom stereocenters. The molecule has 0 fully saturated rings. The van der Waals surface area contributed by atoms with Gasteiger partial charge in [0.25, 0.3) is 0 Å². The van der Waals surface area contributed by atoms with E-state index in [-0.39, 0.29) is 17.5 Å². The minimum absolute atomic E-state index is 0.0463. The Kier molecular flexibility index (Phi) is 3.77. The number of rotatable bonds is 4. The first-order chi connectivity index (χ1) is 6.65. The molecule has 1 aromatic carbocycles. The molecule has 0 saturated heterocycles. The lowest BCUT2D eigenvalue weighted by atomic mass is 9.96. The monoisotopic (exact) mass is 195 g/mol. The Balaban J connectivity index is 2.78. The fourth-order valence-corrected chi connectivity index (χ4v) is 1.31. The lowest BCUT2D eigenvalue weighted by Gasteiger charge is -2.08. The molecular weight excluding hydrogens is 181 g/mol. The van der Waals surface area contributed by atoms with Gasteiger partial charge in [-0.1, -0.05) is 19.1 Å². The number of Topliss-reactive ketones (excluding diaryl/α,β-unsaturated/α-hetero) is 1. The zero-order valence-corrected chi connectivity index (χ0v) is 8.16. The molecule has 14 heavy (non-hydrogen) atoms. The van der Waals surface area contributed by atoms with Gasteiger partial charge < -0.3 is 5.73 Å². The van der Waals surface area contributed by atoms with Crippen molar-refractivity contribution in [1.82, 2.24) is 0 Å². The van der Waals surface area contributed by atoms with Gasteiger partial charge >= 0.3 is 0 Å². The van der Waals surface area contributed by atoms with E-state index in [1.54, 1.807) is 13.0 Å². The second-order valence-corrected chi connectivity index (χ2v) is 3.35. The van der Waals surface area contributed by atoms with E-state index >= 15 is 0 Å². The number of carbonyl (C=O) groups is 1. The number of ketones is 1. The van der Waals surface area contributed by atoms with Gasteiger partial charge in [-0.05, 0) is 25.1 Å².